The molecule has 2 amide bonds. The zero-order valence-corrected chi connectivity index (χ0v) is 12.1. The Morgan fingerprint density at radius 2 is 2.10 bits per heavy atom. The summed E-state index contributed by atoms with van der Waals surface area (Å²) in [5, 5.41) is 0. The molecule has 0 fully saturated rings. The van der Waals surface area contributed by atoms with Gasteiger partial charge in [-0.05, 0) is 32.8 Å². The lowest BCUT2D eigenvalue weighted by Crippen LogP contribution is -2.50. The number of carbonyl (C=O) groups excluding carboxylic acids is 2. The first kappa shape index (κ1) is 14.9. The molecular weight excluding hydrogens is 268 g/mol. The van der Waals surface area contributed by atoms with Crippen LogP contribution >= 0.6 is 0 Å². The fourth-order valence-corrected chi connectivity index (χ4v) is 2.54. The van der Waals surface area contributed by atoms with Crippen molar-refractivity contribution in [3.05, 3.63) is 22.9 Å². The first-order chi connectivity index (χ1) is 9.86. The van der Waals surface area contributed by atoms with Crippen LogP contribution in [0.5, 0.6) is 0 Å². The van der Waals surface area contributed by atoms with Crippen LogP contribution in [0.4, 0.5) is 0 Å². The maximum atomic E-state index is 12.5. The van der Waals surface area contributed by atoms with Crippen molar-refractivity contribution in [2.45, 2.75) is 38.8 Å². The van der Waals surface area contributed by atoms with Crippen molar-refractivity contribution in [3.63, 3.8) is 0 Å². The van der Waals surface area contributed by atoms with Crippen molar-refractivity contribution in [1.29, 1.82) is 0 Å². The minimum absolute atomic E-state index is 0.103. The lowest BCUT2D eigenvalue weighted by molar-refractivity contribution is -0.139. The van der Waals surface area contributed by atoms with Crippen LogP contribution in [-0.2, 0) is 9.59 Å². The molecule has 2 rings (SSSR count). The third kappa shape index (κ3) is 2.55. The summed E-state index contributed by atoms with van der Waals surface area (Å²) in [5.74, 6) is 1.76. The van der Waals surface area contributed by atoms with Crippen LogP contribution < -0.4 is 11.5 Å². The van der Waals surface area contributed by atoms with E-state index in [9.17, 15) is 9.59 Å². The van der Waals surface area contributed by atoms with Gasteiger partial charge >= 0.3 is 0 Å². The van der Waals surface area contributed by atoms with Crippen LogP contribution in [0.1, 0.15) is 26.7 Å². The third-order valence-electron chi connectivity index (χ3n) is 3.74. The summed E-state index contributed by atoms with van der Waals surface area (Å²) in [6.45, 7) is 3.52. The number of hydrogen-bond acceptors (Lipinski definition) is 5. The highest BCUT2D eigenvalue weighted by atomic mass is 16.2. The largest absolute Gasteiger partial charge is 0.392 e. The number of amidine groups is 1. The van der Waals surface area contributed by atoms with E-state index >= 15 is 0 Å². The molecular formula is C15H18N4O2. The monoisotopic (exact) mass is 286 g/mol. The maximum Gasteiger partial charge on any atom is 0.261 e. The van der Waals surface area contributed by atoms with E-state index in [0.29, 0.717) is 17.8 Å². The summed E-state index contributed by atoms with van der Waals surface area (Å²) < 4.78 is 0. The minimum Gasteiger partial charge on any atom is -0.392 e. The van der Waals surface area contributed by atoms with Gasteiger partial charge in [-0.2, -0.15) is 0 Å². The number of carbonyl (C=O) groups is 2. The predicted molar refractivity (Wildman–Crippen MR) is 79.8 cm³/mol. The number of imide groups is 1. The van der Waals surface area contributed by atoms with Crippen molar-refractivity contribution < 1.29 is 9.59 Å². The quantitative estimate of drug-likeness (QED) is 0.553. The molecule has 21 heavy (non-hydrogen) atoms. The normalized spacial score (nSPS) is 27.0. The van der Waals surface area contributed by atoms with Gasteiger partial charge in [-0.3, -0.25) is 19.5 Å². The molecule has 110 valence electrons. The Kier molecular flexibility index (Phi) is 3.85. The summed E-state index contributed by atoms with van der Waals surface area (Å²) in [7, 11) is 0. The Hall–Kier alpha value is -2.55. The summed E-state index contributed by atoms with van der Waals surface area (Å²) in [5.41, 5.74) is 12.1. The number of rotatable bonds is 2. The van der Waals surface area contributed by atoms with Crippen LogP contribution in [0.2, 0.25) is 0 Å². The lowest BCUT2D eigenvalue weighted by Gasteiger charge is -2.30. The van der Waals surface area contributed by atoms with E-state index < -0.39 is 11.9 Å². The van der Waals surface area contributed by atoms with Crippen LogP contribution in [0.3, 0.4) is 0 Å². The Morgan fingerprint density at radius 1 is 1.43 bits per heavy atom. The van der Waals surface area contributed by atoms with E-state index in [1.54, 1.807) is 6.92 Å². The molecule has 1 unspecified atom stereocenters. The fraction of sp³-hybridized carbons (Fsp3) is 0.400. The second-order valence-corrected chi connectivity index (χ2v) is 5.26. The molecule has 2 aliphatic heterocycles. The highest BCUT2D eigenvalue weighted by Crippen LogP contribution is 2.27. The smallest absolute Gasteiger partial charge is 0.261 e. The van der Waals surface area contributed by atoms with Gasteiger partial charge in [0.25, 0.3) is 11.8 Å². The molecule has 0 spiro atoms. The molecule has 6 heteroatoms. The molecule has 0 bridgehead atoms. The second kappa shape index (κ2) is 5.44. The predicted octanol–water partition coefficient (Wildman–Crippen LogP) is 0.0556. The molecule has 0 saturated heterocycles. The van der Waals surface area contributed by atoms with Gasteiger partial charge in [0.15, 0.2) is 0 Å². The summed E-state index contributed by atoms with van der Waals surface area (Å²) in [6, 6.07) is -0.381. The lowest BCUT2D eigenvalue weighted by atomic mass is 10.0. The highest BCUT2D eigenvalue weighted by Gasteiger charge is 2.41. The summed E-state index contributed by atoms with van der Waals surface area (Å²) >= 11 is 0. The fourth-order valence-electron chi connectivity index (χ4n) is 2.54. The van der Waals surface area contributed by atoms with Crippen LogP contribution in [0, 0.1) is 12.3 Å². The van der Waals surface area contributed by atoms with Gasteiger partial charge in [-0.1, -0.05) is 5.92 Å². The molecule has 0 aromatic carbocycles. The highest BCUT2D eigenvalue weighted by molar-refractivity contribution is 6.22. The minimum atomic E-state index is -0.492. The van der Waals surface area contributed by atoms with Gasteiger partial charge in [0.05, 0.1) is 17.3 Å². The van der Waals surface area contributed by atoms with Gasteiger partial charge in [0.2, 0.25) is 0 Å². The SMILES string of the molecule is C#C/C(N)=C\C1=C(C)C(=O)N(C2CC[C@@H](C)N=C2N)C1=O. The van der Waals surface area contributed by atoms with Gasteiger partial charge in [0, 0.05) is 11.6 Å². The molecule has 2 heterocycles. The van der Waals surface area contributed by atoms with E-state index in [4.69, 9.17) is 17.9 Å². The zero-order valence-electron chi connectivity index (χ0n) is 12.1. The van der Waals surface area contributed by atoms with E-state index in [-0.39, 0.29) is 23.2 Å². The molecule has 0 aromatic heterocycles. The van der Waals surface area contributed by atoms with E-state index in [0.717, 1.165) is 11.3 Å². The van der Waals surface area contributed by atoms with Crippen molar-refractivity contribution in [1.82, 2.24) is 4.90 Å². The average molecular weight is 286 g/mol. The molecule has 2 atom stereocenters. The molecule has 0 radical (unpaired) electrons. The zero-order chi connectivity index (χ0) is 15.7. The number of nitrogens with two attached hydrogens (primary N) is 2. The van der Waals surface area contributed by atoms with Crippen LogP contribution in [0.25, 0.3) is 0 Å². The number of amides is 2. The van der Waals surface area contributed by atoms with E-state index in [1.165, 1.54) is 6.08 Å². The van der Waals surface area contributed by atoms with E-state index in [1.807, 2.05) is 6.92 Å². The topological polar surface area (TPSA) is 102 Å². The first-order valence-corrected chi connectivity index (χ1v) is 6.72. The molecule has 4 N–H and O–H groups in total. The van der Waals surface area contributed by atoms with Crippen LogP contribution in [0.15, 0.2) is 27.9 Å². The number of nitrogens with zero attached hydrogens (tertiary/aromatic N) is 2. The first-order valence-electron chi connectivity index (χ1n) is 6.72. The van der Waals surface area contributed by atoms with E-state index in [2.05, 4.69) is 10.9 Å². The number of aliphatic imine (C=N–C) groups is 1. The van der Waals surface area contributed by atoms with Crippen LogP contribution in [-0.4, -0.2) is 34.6 Å². The summed E-state index contributed by atoms with van der Waals surface area (Å²) in [4.78, 5) is 30.2. The van der Waals surface area contributed by atoms with Gasteiger partial charge in [-0.15, -0.1) is 6.42 Å². The van der Waals surface area contributed by atoms with Crippen molar-refractivity contribution in [3.8, 4) is 12.3 Å². The number of hydrogen-bond donors (Lipinski definition) is 2. The molecule has 0 aromatic rings. The van der Waals surface area contributed by atoms with Gasteiger partial charge < -0.3 is 11.5 Å². The molecule has 6 nitrogen and oxygen atoms in total. The third-order valence-corrected chi connectivity index (χ3v) is 3.74. The molecule has 2 aliphatic rings. The maximum absolute atomic E-state index is 12.5. The standard InChI is InChI=1S/C15H18N4O2/c1-4-10(16)7-11-9(3)14(20)19(15(11)21)12-6-5-8(2)18-13(12)17/h1,7-8,12H,5-6,16H2,2-3H3,(H2,17,18)/b10-7+/t8-,12?/m1/s1. The second-order valence-electron chi connectivity index (χ2n) is 5.26. The molecule has 0 aliphatic carbocycles. The Balaban J connectivity index is 2.35. The van der Waals surface area contributed by atoms with Crippen molar-refractivity contribution in [2.24, 2.45) is 16.5 Å². The Bertz CT molecular complexity index is 637. The van der Waals surface area contributed by atoms with Crippen molar-refractivity contribution in [2.75, 3.05) is 0 Å². The van der Waals surface area contributed by atoms with Gasteiger partial charge in [0.1, 0.15) is 5.84 Å². The Morgan fingerprint density at radius 3 is 2.67 bits per heavy atom. The Labute approximate surface area is 123 Å². The number of terminal acetylenes is 1. The molecule has 0 saturated carbocycles. The average Bonchev–Trinajstić information content (AvgIpc) is 2.64. The summed E-state index contributed by atoms with van der Waals surface area (Å²) in [6.07, 6.45) is 7.92. The van der Waals surface area contributed by atoms with Crippen molar-refractivity contribution >= 4 is 17.6 Å². The number of allylic oxidation sites excluding steroid dienone is 1. The van der Waals surface area contributed by atoms with Gasteiger partial charge in [-0.25, -0.2) is 0 Å².